The normalized spacial score (nSPS) is 19.9. The summed E-state index contributed by atoms with van der Waals surface area (Å²) in [5.74, 6) is 0.757. The van der Waals surface area contributed by atoms with E-state index >= 15 is 0 Å². The fourth-order valence-electron chi connectivity index (χ4n) is 2.04. The SMILES string of the molecule is NCC1CN(c2cc3ccccc3[nH]2)C(=O)O1. The van der Waals surface area contributed by atoms with E-state index in [2.05, 4.69) is 4.98 Å². The van der Waals surface area contributed by atoms with Crippen LogP contribution in [0.15, 0.2) is 30.3 Å². The third-order valence-electron chi connectivity index (χ3n) is 2.94. The molecule has 2 heterocycles. The van der Waals surface area contributed by atoms with Crippen molar-refractivity contribution >= 4 is 22.8 Å². The number of aromatic nitrogens is 1. The Labute approximate surface area is 98.2 Å². The zero-order valence-electron chi connectivity index (χ0n) is 9.22. The van der Waals surface area contributed by atoms with Crippen LogP contribution in [0.2, 0.25) is 0 Å². The van der Waals surface area contributed by atoms with Crippen molar-refractivity contribution in [3.63, 3.8) is 0 Å². The first-order valence-corrected chi connectivity index (χ1v) is 5.54. The summed E-state index contributed by atoms with van der Waals surface area (Å²) in [4.78, 5) is 16.4. The second-order valence-electron chi connectivity index (χ2n) is 4.09. The molecule has 3 N–H and O–H groups in total. The van der Waals surface area contributed by atoms with Gasteiger partial charge in [-0.05, 0) is 12.1 Å². The lowest BCUT2D eigenvalue weighted by atomic mass is 10.2. The van der Waals surface area contributed by atoms with Crippen LogP contribution < -0.4 is 10.6 Å². The molecule has 88 valence electrons. The Morgan fingerprint density at radius 3 is 3.00 bits per heavy atom. The number of carbonyl (C=O) groups excluding carboxylic acids is 1. The van der Waals surface area contributed by atoms with Crippen LogP contribution in [0, 0.1) is 0 Å². The number of hydrogen-bond donors (Lipinski definition) is 2. The lowest BCUT2D eigenvalue weighted by Gasteiger charge is -2.09. The van der Waals surface area contributed by atoms with E-state index in [0.29, 0.717) is 13.1 Å². The average molecular weight is 231 g/mol. The smallest absolute Gasteiger partial charge is 0.415 e. The van der Waals surface area contributed by atoms with Crippen molar-refractivity contribution in [1.82, 2.24) is 4.98 Å². The molecule has 1 aliphatic rings. The zero-order chi connectivity index (χ0) is 11.8. The maximum Gasteiger partial charge on any atom is 0.415 e. The Kier molecular flexibility index (Phi) is 2.26. The van der Waals surface area contributed by atoms with Crippen LogP contribution in [-0.4, -0.2) is 30.3 Å². The quantitative estimate of drug-likeness (QED) is 0.821. The van der Waals surface area contributed by atoms with Gasteiger partial charge in [-0.3, -0.25) is 4.90 Å². The number of nitrogens with two attached hydrogens (primary N) is 1. The predicted molar refractivity (Wildman–Crippen MR) is 65.0 cm³/mol. The number of rotatable bonds is 2. The van der Waals surface area contributed by atoms with Crippen molar-refractivity contribution < 1.29 is 9.53 Å². The zero-order valence-corrected chi connectivity index (χ0v) is 9.22. The van der Waals surface area contributed by atoms with Gasteiger partial charge in [-0.2, -0.15) is 0 Å². The molecule has 0 aliphatic carbocycles. The van der Waals surface area contributed by atoms with E-state index in [4.69, 9.17) is 10.5 Å². The number of anilines is 1. The highest BCUT2D eigenvalue weighted by Gasteiger charge is 2.32. The van der Waals surface area contributed by atoms with Gasteiger partial charge in [0.2, 0.25) is 0 Å². The van der Waals surface area contributed by atoms with Crippen LogP contribution in [0.25, 0.3) is 10.9 Å². The van der Waals surface area contributed by atoms with Crippen molar-refractivity contribution in [1.29, 1.82) is 0 Å². The molecule has 1 saturated heterocycles. The molecule has 1 aromatic heterocycles. The lowest BCUT2D eigenvalue weighted by molar-refractivity contribution is 0.145. The molecule has 0 radical (unpaired) electrons. The molecule has 1 aliphatic heterocycles. The molecule has 1 amide bonds. The Morgan fingerprint density at radius 2 is 2.29 bits per heavy atom. The van der Waals surface area contributed by atoms with Gasteiger partial charge in [-0.1, -0.05) is 18.2 Å². The molecule has 1 atom stereocenters. The number of nitrogens with zero attached hydrogens (tertiary/aromatic N) is 1. The van der Waals surface area contributed by atoms with Crippen molar-refractivity contribution in [2.45, 2.75) is 6.10 Å². The van der Waals surface area contributed by atoms with E-state index in [9.17, 15) is 4.79 Å². The summed E-state index contributed by atoms with van der Waals surface area (Å²) < 4.78 is 5.12. The Balaban J connectivity index is 1.96. The van der Waals surface area contributed by atoms with Crippen molar-refractivity contribution in [2.24, 2.45) is 5.73 Å². The fraction of sp³-hybridized carbons (Fsp3) is 0.250. The molecule has 5 nitrogen and oxygen atoms in total. The summed E-state index contributed by atoms with van der Waals surface area (Å²) in [5.41, 5.74) is 6.50. The van der Waals surface area contributed by atoms with Crippen molar-refractivity contribution in [3.05, 3.63) is 30.3 Å². The molecule has 0 bridgehead atoms. The van der Waals surface area contributed by atoms with Gasteiger partial charge in [0.25, 0.3) is 0 Å². The van der Waals surface area contributed by atoms with Gasteiger partial charge in [0.1, 0.15) is 11.9 Å². The van der Waals surface area contributed by atoms with Gasteiger partial charge in [0.15, 0.2) is 0 Å². The van der Waals surface area contributed by atoms with Crippen molar-refractivity contribution in [2.75, 3.05) is 18.0 Å². The molecule has 1 aromatic carbocycles. The van der Waals surface area contributed by atoms with E-state index in [1.54, 1.807) is 4.90 Å². The van der Waals surface area contributed by atoms with E-state index in [-0.39, 0.29) is 12.2 Å². The van der Waals surface area contributed by atoms with Crippen molar-refractivity contribution in [3.8, 4) is 0 Å². The third-order valence-corrected chi connectivity index (χ3v) is 2.94. The van der Waals surface area contributed by atoms with E-state index in [0.717, 1.165) is 16.7 Å². The fourth-order valence-corrected chi connectivity index (χ4v) is 2.04. The second kappa shape index (κ2) is 3.78. The molecule has 1 fully saturated rings. The summed E-state index contributed by atoms with van der Waals surface area (Å²) in [6.45, 7) is 0.852. The van der Waals surface area contributed by atoms with Gasteiger partial charge in [0.05, 0.1) is 6.54 Å². The van der Waals surface area contributed by atoms with Crippen LogP contribution in [-0.2, 0) is 4.74 Å². The number of cyclic esters (lactones) is 1. The molecule has 0 spiro atoms. The molecule has 17 heavy (non-hydrogen) atoms. The van der Waals surface area contributed by atoms with E-state index < -0.39 is 0 Å². The number of nitrogens with one attached hydrogen (secondary N) is 1. The van der Waals surface area contributed by atoms with Crippen LogP contribution in [0.4, 0.5) is 10.6 Å². The number of para-hydroxylation sites is 1. The van der Waals surface area contributed by atoms with Gasteiger partial charge in [-0.25, -0.2) is 4.79 Å². The van der Waals surface area contributed by atoms with Crippen LogP contribution in [0.1, 0.15) is 0 Å². The molecule has 5 heteroatoms. The Bertz CT molecular complexity index is 531. The van der Waals surface area contributed by atoms with E-state index in [1.807, 2.05) is 30.3 Å². The maximum atomic E-state index is 11.6. The largest absolute Gasteiger partial charge is 0.443 e. The lowest BCUT2D eigenvalue weighted by Crippen LogP contribution is -2.27. The van der Waals surface area contributed by atoms with Gasteiger partial charge in [0, 0.05) is 17.4 Å². The monoisotopic (exact) mass is 231 g/mol. The van der Waals surface area contributed by atoms with Crippen LogP contribution in [0.5, 0.6) is 0 Å². The summed E-state index contributed by atoms with van der Waals surface area (Å²) in [5, 5.41) is 1.08. The number of aromatic amines is 1. The van der Waals surface area contributed by atoms with Gasteiger partial charge < -0.3 is 15.5 Å². The number of ether oxygens (including phenoxy) is 1. The number of carbonyl (C=O) groups is 1. The van der Waals surface area contributed by atoms with E-state index in [1.165, 1.54) is 0 Å². The molecular formula is C12H13N3O2. The number of amides is 1. The number of hydrogen-bond acceptors (Lipinski definition) is 3. The summed E-state index contributed by atoms with van der Waals surface area (Å²) >= 11 is 0. The number of H-pyrrole nitrogens is 1. The highest BCUT2D eigenvalue weighted by Crippen LogP contribution is 2.25. The molecule has 3 rings (SSSR count). The standard InChI is InChI=1S/C12H13N3O2/c13-6-9-7-15(12(16)17-9)11-5-8-3-1-2-4-10(8)14-11/h1-5,9,14H,6-7,13H2. The number of benzene rings is 1. The molecule has 1 unspecified atom stereocenters. The summed E-state index contributed by atoms with van der Waals surface area (Å²) in [7, 11) is 0. The van der Waals surface area contributed by atoms with Gasteiger partial charge >= 0.3 is 6.09 Å². The summed E-state index contributed by atoms with van der Waals surface area (Å²) in [6, 6.07) is 9.83. The topological polar surface area (TPSA) is 71.3 Å². The molecular weight excluding hydrogens is 218 g/mol. The van der Waals surface area contributed by atoms with Crippen LogP contribution in [0.3, 0.4) is 0 Å². The Morgan fingerprint density at radius 1 is 1.47 bits per heavy atom. The van der Waals surface area contributed by atoms with Gasteiger partial charge in [-0.15, -0.1) is 0 Å². The molecule has 0 saturated carbocycles. The minimum absolute atomic E-state index is 0.214. The average Bonchev–Trinajstić information content (AvgIpc) is 2.91. The highest BCUT2D eigenvalue weighted by atomic mass is 16.6. The first-order valence-electron chi connectivity index (χ1n) is 5.54. The minimum atomic E-state index is -0.341. The minimum Gasteiger partial charge on any atom is -0.443 e. The number of fused-ring (bicyclic) bond motifs is 1. The first-order chi connectivity index (χ1) is 8.28. The highest BCUT2D eigenvalue weighted by molar-refractivity contribution is 5.93. The van der Waals surface area contributed by atoms with Crippen LogP contribution >= 0.6 is 0 Å². The Hall–Kier alpha value is -2.01. The predicted octanol–water partition coefficient (Wildman–Crippen LogP) is 1.45. The second-order valence-corrected chi connectivity index (χ2v) is 4.09. The third kappa shape index (κ3) is 1.64. The summed E-state index contributed by atoms with van der Waals surface area (Å²) in [6.07, 6.45) is -0.555. The first kappa shape index (κ1) is 10.2. The molecule has 2 aromatic rings. The maximum absolute atomic E-state index is 11.6.